The smallest absolute Gasteiger partial charge is 0.00792 e. The molecule has 0 aromatic heterocycles. The molecule has 2 unspecified atom stereocenters. The normalized spacial score (nSPS) is 22.0. The Kier molecular flexibility index (Phi) is 5.41. The molecule has 1 aliphatic rings. The minimum Gasteiger partial charge on any atom is -0.314 e. The molecule has 0 aliphatic carbocycles. The van der Waals surface area contributed by atoms with Crippen LogP contribution in [0.3, 0.4) is 0 Å². The average molecular weight is 260 g/mol. The molecule has 0 bridgehead atoms. The molecular weight excluding hydrogens is 232 g/mol. The molecule has 106 valence electrons. The van der Waals surface area contributed by atoms with Crippen LogP contribution in [0, 0.1) is 0 Å². The second kappa shape index (κ2) is 7.06. The first-order valence-corrected chi connectivity index (χ1v) is 7.69. The lowest BCUT2D eigenvalue weighted by atomic mass is 9.99. The molecule has 0 radical (unpaired) electrons. The van der Waals surface area contributed by atoms with Gasteiger partial charge in [-0.3, -0.25) is 4.90 Å². The third kappa shape index (κ3) is 4.32. The number of likely N-dealkylation sites (tertiary alicyclic amines) is 1. The van der Waals surface area contributed by atoms with Crippen molar-refractivity contribution in [2.75, 3.05) is 19.6 Å². The van der Waals surface area contributed by atoms with Gasteiger partial charge in [-0.1, -0.05) is 44.2 Å². The highest BCUT2D eigenvalue weighted by Gasteiger charge is 2.26. The summed E-state index contributed by atoms with van der Waals surface area (Å²) in [4.78, 5) is 2.65. The summed E-state index contributed by atoms with van der Waals surface area (Å²) in [6.45, 7) is 10.4. The summed E-state index contributed by atoms with van der Waals surface area (Å²) in [5, 5.41) is 3.52. The molecule has 1 saturated heterocycles. The van der Waals surface area contributed by atoms with Gasteiger partial charge in [-0.25, -0.2) is 0 Å². The molecule has 1 fully saturated rings. The molecular formula is C17H28N2. The van der Waals surface area contributed by atoms with Crippen molar-refractivity contribution >= 4 is 0 Å². The minimum absolute atomic E-state index is 0.600. The summed E-state index contributed by atoms with van der Waals surface area (Å²) in [6.07, 6.45) is 2.56. The third-order valence-electron chi connectivity index (χ3n) is 4.23. The van der Waals surface area contributed by atoms with E-state index >= 15 is 0 Å². The van der Waals surface area contributed by atoms with Crippen LogP contribution in [-0.4, -0.2) is 36.6 Å². The molecule has 2 rings (SSSR count). The van der Waals surface area contributed by atoms with Crippen LogP contribution in [0.4, 0.5) is 0 Å². The highest BCUT2D eigenvalue weighted by Crippen LogP contribution is 2.28. The molecule has 1 aromatic carbocycles. The van der Waals surface area contributed by atoms with Crippen molar-refractivity contribution in [2.45, 2.75) is 51.6 Å². The van der Waals surface area contributed by atoms with E-state index in [0.29, 0.717) is 12.1 Å². The lowest BCUT2D eigenvalue weighted by Gasteiger charge is -2.25. The van der Waals surface area contributed by atoms with Crippen LogP contribution in [0.2, 0.25) is 0 Å². The van der Waals surface area contributed by atoms with Crippen LogP contribution < -0.4 is 5.32 Å². The lowest BCUT2D eigenvalue weighted by molar-refractivity contribution is 0.241. The minimum atomic E-state index is 0.600. The van der Waals surface area contributed by atoms with E-state index in [9.17, 15) is 0 Å². The molecule has 1 aliphatic heterocycles. The summed E-state index contributed by atoms with van der Waals surface area (Å²) in [6, 6.07) is 12.3. The van der Waals surface area contributed by atoms with Gasteiger partial charge in [0.25, 0.3) is 0 Å². The molecule has 0 spiro atoms. The maximum absolute atomic E-state index is 3.52. The van der Waals surface area contributed by atoms with Crippen LogP contribution in [0.15, 0.2) is 30.3 Å². The van der Waals surface area contributed by atoms with Crippen LogP contribution in [0.1, 0.15) is 45.1 Å². The van der Waals surface area contributed by atoms with Crippen molar-refractivity contribution in [3.63, 3.8) is 0 Å². The predicted octanol–water partition coefficient (Wildman–Crippen LogP) is 3.25. The van der Waals surface area contributed by atoms with Gasteiger partial charge in [0.2, 0.25) is 0 Å². The predicted molar refractivity (Wildman–Crippen MR) is 82.6 cm³/mol. The van der Waals surface area contributed by atoms with Gasteiger partial charge in [0.15, 0.2) is 0 Å². The fourth-order valence-corrected chi connectivity index (χ4v) is 2.95. The Hall–Kier alpha value is -0.860. The van der Waals surface area contributed by atoms with Crippen LogP contribution >= 0.6 is 0 Å². The average Bonchev–Trinajstić information content (AvgIpc) is 2.89. The number of rotatable bonds is 6. The Labute approximate surface area is 118 Å². The quantitative estimate of drug-likeness (QED) is 0.844. The van der Waals surface area contributed by atoms with Gasteiger partial charge in [0.1, 0.15) is 0 Å². The van der Waals surface area contributed by atoms with Crippen LogP contribution in [0.5, 0.6) is 0 Å². The van der Waals surface area contributed by atoms with Gasteiger partial charge in [0.05, 0.1) is 0 Å². The molecule has 0 saturated carbocycles. The number of hydrogen-bond acceptors (Lipinski definition) is 2. The van der Waals surface area contributed by atoms with E-state index in [0.717, 1.165) is 12.5 Å². The first-order valence-electron chi connectivity index (χ1n) is 7.69. The maximum atomic E-state index is 3.52. The standard InChI is InChI=1S/C17H28N2/c1-14(2)18-11-9-15(3)19-12-10-17(13-19)16-7-5-4-6-8-16/h4-8,14-15,17-18H,9-13H2,1-3H3. The second-order valence-electron chi connectivity index (χ2n) is 6.14. The van der Waals surface area contributed by atoms with Crippen molar-refractivity contribution in [1.29, 1.82) is 0 Å². The van der Waals surface area contributed by atoms with Gasteiger partial charge >= 0.3 is 0 Å². The Morgan fingerprint density at radius 3 is 2.63 bits per heavy atom. The zero-order chi connectivity index (χ0) is 13.7. The summed E-state index contributed by atoms with van der Waals surface area (Å²) < 4.78 is 0. The lowest BCUT2D eigenvalue weighted by Crippen LogP contribution is -2.35. The topological polar surface area (TPSA) is 15.3 Å². The van der Waals surface area contributed by atoms with E-state index in [1.54, 1.807) is 0 Å². The van der Waals surface area contributed by atoms with E-state index in [1.165, 1.54) is 31.5 Å². The number of hydrogen-bond donors (Lipinski definition) is 1. The highest BCUT2D eigenvalue weighted by molar-refractivity contribution is 5.21. The number of nitrogens with zero attached hydrogens (tertiary/aromatic N) is 1. The molecule has 0 amide bonds. The Bertz CT molecular complexity index is 361. The SMILES string of the molecule is CC(C)NCCC(C)N1CCC(c2ccccc2)C1. The molecule has 2 nitrogen and oxygen atoms in total. The van der Waals surface area contributed by atoms with Crippen molar-refractivity contribution in [1.82, 2.24) is 10.2 Å². The van der Waals surface area contributed by atoms with Crippen molar-refractivity contribution < 1.29 is 0 Å². The van der Waals surface area contributed by atoms with E-state index in [-0.39, 0.29) is 0 Å². The first kappa shape index (κ1) is 14.5. The van der Waals surface area contributed by atoms with Crippen molar-refractivity contribution in [3.05, 3.63) is 35.9 Å². The molecule has 19 heavy (non-hydrogen) atoms. The third-order valence-corrected chi connectivity index (χ3v) is 4.23. The van der Waals surface area contributed by atoms with E-state index in [4.69, 9.17) is 0 Å². The fraction of sp³-hybridized carbons (Fsp3) is 0.647. The molecule has 1 N–H and O–H groups in total. The summed E-state index contributed by atoms with van der Waals surface area (Å²) >= 11 is 0. The highest BCUT2D eigenvalue weighted by atomic mass is 15.2. The number of nitrogens with one attached hydrogen (secondary N) is 1. The van der Waals surface area contributed by atoms with Crippen LogP contribution in [0.25, 0.3) is 0 Å². The largest absolute Gasteiger partial charge is 0.314 e. The van der Waals surface area contributed by atoms with Crippen molar-refractivity contribution in [3.8, 4) is 0 Å². The zero-order valence-electron chi connectivity index (χ0n) is 12.6. The van der Waals surface area contributed by atoms with Gasteiger partial charge in [0, 0.05) is 18.6 Å². The monoisotopic (exact) mass is 260 g/mol. The van der Waals surface area contributed by atoms with Crippen molar-refractivity contribution in [2.24, 2.45) is 0 Å². The Morgan fingerprint density at radius 2 is 1.95 bits per heavy atom. The molecule has 1 heterocycles. The number of benzene rings is 1. The second-order valence-corrected chi connectivity index (χ2v) is 6.14. The Morgan fingerprint density at radius 1 is 1.21 bits per heavy atom. The van der Waals surface area contributed by atoms with Gasteiger partial charge in [-0.2, -0.15) is 0 Å². The zero-order valence-corrected chi connectivity index (χ0v) is 12.6. The molecule has 2 heteroatoms. The fourth-order valence-electron chi connectivity index (χ4n) is 2.95. The maximum Gasteiger partial charge on any atom is 0.00792 e. The first-order chi connectivity index (χ1) is 9.16. The van der Waals surface area contributed by atoms with Gasteiger partial charge < -0.3 is 5.32 Å². The summed E-state index contributed by atoms with van der Waals surface area (Å²) in [5.74, 6) is 0.738. The Balaban J connectivity index is 1.78. The van der Waals surface area contributed by atoms with Crippen LogP contribution in [-0.2, 0) is 0 Å². The van der Waals surface area contributed by atoms with E-state index in [1.807, 2.05) is 0 Å². The summed E-state index contributed by atoms with van der Waals surface area (Å²) in [7, 11) is 0. The molecule has 1 aromatic rings. The van der Waals surface area contributed by atoms with E-state index in [2.05, 4.69) is 61.3 Å². The van der Waals surface area contributed by atoms with Gasteiger partial charge in [-0.05, 0) is 44.3 Å². The van der Waals surface area contributed by atoms with E-state index < -0.39 is 0 Å². The molecule has 2 atom stereocenters. The summed E-state index contributed by atoms with van der Waals surface area (Å²) in [5.41, 5.74) is 1.51. The van der Waals surface area contributed by atoms with Gasteiger partial charge in [-0.15, -0.1) is 0 Å².